The highest BCUT2D eigenvalue weighted by Crippen LogP contribution is 2.26. The summed E-state index contributed by atoms with van der Waals surface area (Å²) in [7, 11) is 2.06. The zero-order valence-corrected chi connectivity index (χ0v) is 18.3. The number of likely N-dealkylation sites (N-methyl/N-ethyl adjacent to an activating group) is 1. The number of nitrogens with zero attached hydrogens (tertiary/aromatic N) is 5. The second-order valence-corrected chi connectivity index (χ2v) is 7.47. The number of nitrogens with one attached hydrogen (secondary N) is 3. The summed E-state index contributed by atoms with van der Waals surface area (Å²) in [6.45, 7) is 8.45. The Morgan fingerprint density at radius 1 is 1.20 bits per heavy atom. The van der Waals surface area contributed by atoms with Gasteiger partial charge in [-0.2, -0.15) is 5.10 Å². The zero-order valence-electron chi connectivity index (χ0n) is 17.5. The lowest BCUT2D eigenvalue weighted by atomic mass is 10.2. The second kappa shape index (κ2) is 9.82. The van der Waals surface area contributed by atoms with Crippen LogP contribution in [0.5, 0.6) is 0 Å². The molecule has 160 valence electrons. The summed E-state index contributed by atoms with van der Waals surface area (Å²) in [6.07, 6.45) is 0. The first-order valence-corrected chi connectivity index (χ1v) is 10.2. The minimum Gasteiger partial charge on any atom is -0.369 e. The molecule has 0 saturated heterocycles. The van der Waals surface area contributed by atoms with Crippen molar-refractivity contribution in [3.63, 3.8) is 0 Å². The third kappa shape index (κ3) is 5.64. The van der Waals surface area contributed by atoms with Crippen LogP contribution in [0.1, 0.15) is 31.5 Å². The Labute approximate surface area is 180 Å². The first kappa shape index (κ1) is 21.9. The first-order chi connectivity index (χ1) is 14.4. The highest BCUT2D eigenvalue weighted by atomic mass is 35.5. The standard InChI is InChI=1S/C20H26ClFN8/c1-5-30(4)9-8-23-17-11-18(24-12(2)19-25-13(3)28-29-19)27-20(26-17)14-6-7-16(22)15(21)10-14/h6-7,10-12H,5,8-9H2,1-4H3,(H,25,28,29)(H2,23,24,26,27)/t12-/m0/s1. The molecule has 1 aromatic carbocycles. The summed E-state index contributed by atoms with van der Waals surface area (Å²) >= 11 is 5.96. The fourth-order valence-corrected chi connectivity index (χ4v) is 2.93. The lowest BCUT2D eigenvalue weighted by Crippen LogP contribution is -2.25. The molecule has 0 spiro atoms. The van der Waals surface area contributed by atoms with Crippen LogP contribution in [0.15, 0.2) is 24.3 Å². The normalized spacial score (nSPS) is 12.2. The number of hydrogen-bond acceptors (Lipinski definition) is 7. The number of benzene rings is 1. The molecule has 0 aliphatic heterocycles. The predicted molar refractivity (Wildman–Crippen MR) is 117 cm³/mol. The summed E-state index contributed by atoms with van der Waals surface area (Å²) in [4.78, 5) is 15.7. The molecule has 0 bridgehead atoms. The third-order valence-corrected chi connectivity index (χ3v) is 4.90. The Hall–Kier alpha value is -2.78. The van der Waals surface area contributed by atoms with E-state index in [1.807, 2.05) is 19.9 Å². The van der Waals surface area contributed by atoms with E-state index in [1.165, 1.54) is 12.1 Å². The maximum Gasteiger partial charge on any atom is 0.172 e. The predicted octanol–water partition coefficient (Wildman–Crippen LogP) is 3.90. The van der Waals surface area contributed by atoms with Crippen molar-refractivity contribution in [1.82, 2.24) is 30.0 Å². The van der Waals surface area contributed by atoms with Crippen molar-refractivity contribution in [3.05, 3.63) is 46.8 Å². The maximum absolute atomic E-state index is 13.6. The molecule has 0 amide bonds. The Balaban J connectivity index is 1.87. The van der Waals surface area contributed by atoms with Crippen molar-refractivity contribution < 1.29 is 4.39 Å². The number of H-pyrrole nitrogens is 1. The number of hydrogen-bond donors (Lipinski definition) is 3. The molecular weight excluding hydrogens is 407 g/mol. The average molecular weight is 433 g/mol. The Bertz CT molecular complexity index is 993. The molecule has 0 aliphatic rings. The minimum absolute atomic E-state index is 0.0260. The second-order valence-electron chi connectivity index (χ2n) is 7.06. The quantitative estimate of drug-likeness (QED) is 0.472. The van der Waals surface area contributed by atoms with Gasteiger partial charge in [0.2, 0.25) is 0 Å². The SMILES string of the molecule is CCN(C)CCNc1cc(N[C@@H](C)c2n[nH]c(C)n2)nc(-c2ccc(F)c(Cl)c2)n1. The molecule has 0 radical (unpaired) electrons. The van der Waals surface area contributed by atoms with Crippen molar-refractivity contribution in [1.29, 1.82) is 0 Å². The molecule has 0 unspecified atom stereocenters. The number of aromatic nitrogens is 5. The summed E-state index contributed by atoms with van der Waals surface area (Å²) < 4.78 is 13.6. The van der Waals surface area contributed by atoms with Crippen LogP contribution in [0.3, 0.4) is 0 Å². The molecule has 1 atom stereocenters. The Morgan fingerprint density at radius 2 is 1.97 bits per heavy atom. The third-order valence-electron chi connectivity index (χ3n) is 4.61. The van der Waals surface area contributed by atoms with E-state index >= 15 is 0 Å². The van der Waals surface area contributed by atoms with Crippen LogP contribution < -0.4 is 10.6 Å². The van der Waals surface area contributed by atoms with Gasteiger partial charge in [-0.05, 0) is 45.6 Å². The van der Waals surface area contributed by atoms with Gasteiger partial charge in [-0.15, -0.1) is 0 Å². The van der Waals surface area contributed by atoms with Crippen LogP contribution in [-0.2, 0) is 0 Å². The fourth-order valence-electron chi connectivity index (χ4n) is 2.75. The van der Waals surface area contributed by atoms with Crippen LogP contribution in [-0.4, -0.2) is 56.7 Å². The van der Waals surface area contributed by atoms with Crippen molar-refractivity contribution in [2.45, 2.75) is 26.8 Å². The largest absolute Gasteiger partial charge is 0.369 e. The van der Waals surface area contributed by atoms with Gasteiger partial charge in [-0.3, -0.25) is 5.10 Å². The molecule has 0 fully saturated rings. The Morgan fingerprint density at radius 3 is 2.63 bits per heavy atom. The van der Waals surface area contributed by atoms with Crippen molar-refractivity contribution in [3.8, 4) is 11.4 Å². The van der Waals surface area contributed by atoms with Crippen LogP contribution in [0, 0.1) is 12.7 Å². The van der Waals surface area contributed by atoms with Crippen LogP contribution in [0.25, 0.3) is 11.4 Å². The van der Waals surface area contributed by atoms with E-state index in [0.29, 0.717) is 28.8 Å². The highest BCUT2D eigenvalue weighted by molar-refractivity contribution is 6.31. The van der Waals surface area contributed by atoms with E-state index in [9.17, 15) is 4.39 Å². The molecule has 3 rings (SSSR count). The van der Waals surface area contributed by atoms with Crippen molar-refractivity contribution in [2.75, 3.05) is 37.3 Å². The van der Waals surface area contributed by atoms with E-state index in [4.69, 9.17) is 11.6 Å². The number of halogens is 2. The smallest absolute Gasteiger partial charge is 0.172 e. The highest BCUT2D eigenvalue weighted by Gasteiger charge is 2.14. The van der Waals surface area contributed by atoms with E-state index in [2.05, 4.69) is 54.7 Å². The molecule has 3 N–H and O–H groups in total. The minimum atomic E-state index is -0.482. The molecule has 0 aliphatic carbocycles. The fraction of sp³-hybridized carbons (Fsp3) is 0.400. The number of aromatic amines is 1. The zero-order chi connectivity index (χ0) is 21.7. The van der Waals surface area contributed by atoms with Gasteiger partial charge >= 0.3 is 0 Å². The van der Waals surface area contributed by atoms with Gasteiger partial charge < -0.3 is 15.5 Å². The molecule has 10 heteroatoms. The van der Waals surface area contributed by atoms with Gasteiger partial charge in [-0.25, -0.2) is 19.3 Å². The number of aryl methyl sites for hydroxylation is 1. The lowest BCUT2D eigenvalue weighted by Gasteiger charge is -2.16. The van der Waals surface area contributed by atoms with E-state index in [1.54, 1.807) is 6.07 Å². The van der Waals surface area contributed by atoms with Crippen LogP contribution in [0.2, 0.25) is 5.02 Å². The summed E-state index contributed by atoms with van der Waals surface area (Å²) in [5.41, 5.74) is 0.625. The topological polar surface area (TPSA) is 94.7 Å². The average Bonchev–Trinajstić information content (AvgIpc) is 3.16. The first-order valence-electron chi connectivity index (χ1n) is 9.78. The van der Waals surface area contributed by atoms with Gasteiger partial charge in [0.25, 0.3) is 0 Å². The Kier molecular flexibility index (Phi) is 7.17. The maximum atomic E-state index is 13.6. The molecule has 30 heavy (non-hydrogen) atoms. The van der Waals surface area contributed by atoms with Crippen molar-refractivity contribution in [2.24, 2.45) is 0 Å². The molecule has 2 heterocycles. The number of anilines is 2. The summed E-state index contributed by atoms with van der Waals surface area (Å²) in [5, 5.41) is 13.7. The van der Waals surface area contributed by atoms with E-state index in [-0.39, 0.29) is 11.1 Å². The summed E-state index contributed by atoms with van der Waals surface area (Å²) in [6, 6.07) is 6.10. The number of rotatable bonds is 9. The van der Waals surface area contributed by atoms with E-state index < -0.39 is 5.82 Å². The van der Waals surface area contributed by atoms with Crippen LogP contribution >= 0.6 is 11.6 Å². The summed E-state index contributed by atoms with van der Waals surface area (Å²) in [5.74, 6) is 2.59. The van der Waals surface area contributed by atoms with Crippen LogP contribution in [0.4, 0.5) is 16.0 Å². The molecule has 3 aromatic rings. The van der Waals surface area contributed by atoms with Gasteiger partial charge in [0.15, 0.2) is 11.6 Å². The van der Waals surface area contributed by atoms with Gasteiger partial charge in [-0.1, -0.05) is 18.5 Å². The molecule has 8 nitrogen and oxygen atoms in total. The monoisotopic (exact) mass is 432 g/mol. The molecule has 0 saturated carbocycles. The van der Waals surface area contributed by atoms with Gasteiger partial charge in [0, 0.05) is 24.7 Å². The van der Waals surface area contributed by atoms with Crippen molar-refractivity contribution >= 4 is 23.2 Å². The lowest BCUT2D eigenvalue weighted by molar-refractivity contribution is 0.367. The van der Waals surface area contributed by atoms with Gasteiger partial charge in [0.1, 0.15) is 23.3 Å². The van der Waals surface area contributed by atoms with Gasteiger partial charge in [0.05, 0.1) is 11.1 Å². The van der Waals surface area contributed by atoms with E-state index in [0.717, 1.165) is 25.5 Å². The molecular formula is C20H26ClFN8. The molecule has 2 aromatic heterocycles.